The highest BCUT2D eigenvalue weighted by molar-refractivity contribution is 5.98. The van der Waals surface area contributed by atoms with E-state index in [4.69, 9.17) is 9.15 Å². The molecular weight excluding hydrogens is 581 g/mol. The van der Waals surface area contributed by atoms with E-state index in [9.17, 15) is 23.6 Å². The van der Waals surface area contributed by atoms with Crippen LogP contribution in [0.4, 0.5) is 4.39 Å². The molecule has 0 saturated heterocycles. The van der Waals surface area contributed by atoms with Crippen LogP contribution in [0.5, 0.6) is 5.75 Å². The lowest BCUT2D eigenvalue weighted by molar-refractivity contribution is -0.136. The van der Waals surface area contributed by atoms with E-state index < -0.39 is 24.1 Å². The summed E-state index contributed by atoms with van der Waals surface area (Å²) >= 11 is 0. The maximum Gasteiger partial charge on any atom is 0.336 e. The molecule has 1 aliphatic rings. The number of halogens is 1. The number of nitrogens with one attached hydrogen (secondary N) is 2. The Kier molecular flexibility index (Phi) is 26.7. The summed E-state index contributed by atoms with van der Waals surface area (Å²) in [5, 5.41) is 4.71. The van der Waals surface area contributed by atoms with Gasteiger partial charge in [0.1, 0.15) is 29.5 Å². The number of methoxy groups -OCH3 is 2. The van der Waals surface area contributed by atoms with E-state index in [1.54, 1.807) is 38.1 Å². The molecule has 0 spiro atoms. The highest BCUT2D eigenvalue weighted by Gasteiger charge is 2.27. The minimum absolute atomic E-state index is 0.0777. The molecule has 0 saturated carbocycles. The van der Waals surface area contributed by atoms with Crippen LogP contribution >= 0.6 is 0 Å². The van der Waals surface area contributed by atoms with Gasteiger partial charge < -0.3 is 24.1 Å². The van der Waals surface area contributed by atoms with Crippen LogP contribution in [0.1, 0.15) is 101 Å². The van der Waals surface area contributed by atoms with E-state index in [0.29, 0.717) is 12.1 Å². The summed E-state index contributed by atoms with van der Waals surface area (Å²) in [5.41, 5.74) is 2.14. The molecule has 2 heterocycles. The second-order valence-corrected chi connectivity index (χ2v) is 8.68. The van der Waals surface area contributed by atoms with Crippen molar-refractivity contribution in [3.63, 3.8) is 0 Å². The number of imide groups is 1. The Morgan fingerprint density at radius 1 is 1.11 bits per heavy atom. The van der Waals surface area contributed by atoms with E-state index in [2.05, 4.69) is 30.5 Å². The van der Waals surface area contributed by atoms with Gasteiger partial charge in [-0.2, -0.15) is 0 Å². The van der Waals surface area contributed by atoms with Gasteiger partial charge in [0.2, 0.25) is 6.41 Å². The van der Waals surface area contributed by atoms with Crippen molar-refractivity contribution in [1.82, 2.24) is 15.5 Å². The first-order chi connectivity index (χ1) is 21.5. The number of benzene rings is 1. The number of rotatable bonds is 9. The van der Waals surface area contributed by atoms with E-state index in [1.807, 2.05) is 59.0 Å². The predicted octanol–water partition coefficient (Wildman–Crippen LogP) is 6.51. The summed E-state index contributed by atoms with van der Waals surface area (Å²) in [6, 6.07) is 6.28. The van der Waals surface area contributed by atoms with Crippen molar-refractivity contribution in [3.05, 3.63) is 64.6 Å². The van der Waals surface area contributed by atoms with Crippen molar-refractivity contribution < 1.29 is 37.5 Å². The standard InChI is InChI=1S/C15H19FN2O5.C10H11NO2.C3H8.3C2H6/c1-8-5-12(13(17-3)14(20)18-7-19)23-11(8)6-10(16)9(2)15(21)22-4;1-11-6-7-3-4-8(13-2)5-9(7)10(11)12;1-3-2;3*1-2/h5,7,10,13,17H,2,6H2,1,3-4H3,(H,18,19,20);3-5H,6H2,1-2H3;3H2,1-2H3;3*1-2H3. The molecule has 10 nitrogen and oxygen atoms in total. The van der Waals surface area contributed by atoms with Crippen LogP contribution in [0.2, 0.25) is 0 Å². The van der Waals surface area contributed by atoms with Gasteiger partial charge in [-0.15, -0.1) is 0 Å². The first-order valence-electron chi connectivity index (χ1n) is 15.3. The fraction of sp³-hybridized carbons (Fsp3) is 0.529. The number of likely N-dealkylation sites (N-methyl/N-ethyl adjacent to an activating group) is 1. The lowest BCUT2D eigenvalue weighted by Gasteiger charge is -2.11. The number of carbonyl (C=O) groups excluding carboxylic acids is 4. The molecule has 2 atom stereocenters. The second kappa shape index (κ2) is 26.4. The number of alkyl halides is 1. The van der Waals surface area contributed by atoms with Crippen LogP contribution in [-0.2, 0) is 32.1 Å². The molecule has 11 heteroatoms. The van der Waals surface area contributed by atoms with Gasteiger partial charge in [0.25, 0.3) is 11.8 Å². The molecule has 0 radical (unpaired) electrons. The van der Waals surface area contributed by atoms with Gasteiger partial charge in [-0.3, -0.25) is 19.7 Å². The number of furan rings is 1. The average molecular weight is 638 g/mol. The van der Waals surface area contributed by atoms with Crippen molar-refractivity contribution in [2.75, 3.05) is 28.3 Å². The normalized spacial score (nSPS) is 11.7. The third-order valence-corrected chi connectivity index (χ3v) is 5.57. The van der Waals surface area contributed by atoms with E-state index in [1.165, 1.54) is 13.5 Å². The number of carbonyl (C=O) groups is 4. The molecule has 1 aromatic carbocycles. The number of fused-ring (bicyclic) bond motifs is 1. The summed E-state index contributed by atoms with van der Waals surface area (Å²) in [6.45, 7) is 22.0. The van der Waals surface area contributed by atoms with E-state index >= 15 is 0 Å². The van der Waals surface area contributed by atoms with Crippen LogP contribution < -0.4 is 15.4 Å². The molecule has 0 fully saturated rings. The Bertz CT molecular complexity index is 1160. The molecule has 256 valence electrons. The second-order valence-electron chi connectivity index (χ2n) is 8.68. The highest BCUT2D eigenvalue weighted by Crippen LogP contribution is 2.26. The molecule has 1 aromatic heterocycles. The monoisotopic (exact) mass is 637 g/mol. The quantitative estimate of drug-likeness (QED) is 0.181. The number of amides is 3. The zero-order valence-electron chi connectivity index (χ0n) is 29.6. The molecular formula is C34H56FN3O7. The van der Waals surface area contributed by atoms with E-state index in [0.717, 1.165) is 24.0 Å². The minimum Gasteiger partial charge on any atom is -0.497 e. The number of hydrogen-bond acceptors (Lipinski definition) is 8. The van der Waals surface area contributed by atoms with Gasteiger partial charge in [0.15, 0.2) is 0 Å². The molecule has 0 aliphatic carbocycles. The zero-order valence-corrected chi connectivity index (χ0v) is 29.6. The Balaban J connectivity index is -0.000000672. The first kappa shape index (κ1) is 45.4. The maximum atomic E-state index is 14.1. The Hall–Kier alpha value is -3.99. The minimum atomic E-state index is -1.67. The van der Waals surface area contributed by atoms with E-state index in [-0.39, 0.29) is 35.8 Å². The molecule has 2 aromatic rings. The largest absolute Gasteiger partial charge is 0.497 e. The van der Waals surface area contributed by atoms with Gasteiger partial charge in [-0.25, -0.2) is 9.18 Å². The summed E-state index contributed by atoms with van der Waals surface area (Å²) < 4.78 is 29.0. The summed E-state index contributed by atoms with van der Waals surface area (Å²) in [4.78, 5) is 46.6. The van der Waals surface area contributed by atoms with Gasteiger partial charge >= 0.3 is 5.97 Å². The number of hydrogen-bond donors (Lipinski definition) is 2. The molecule has 3 amide bonds. The molecule has 2 N–H and O–H groups in total. The molecule has 45 heavy (non-hydrogen) atoms. The fourth-order valence-corrected chi connectivity index (χ4v) is 3.53. The number of esters is 1. The SMILES string of the molecule is C=C(C(=O)OC)C(F)Cc1oc(C(NC)C(=O)NC=O)cc1C.CC.CC.CC.CCC.COc1ccc2c(c1)C(=O)N(C)C2. The Morgan fingerprint density at radius 2 is 1.67 bits per heavy atom. The van der Waals surface area contributed by atoms with Crippen molar-refractivity contribution in [2.24, 2.45) is 0 Å². The molecule has 1 aliphatic heterocycles. The smallest absolute Gasteiger partial charge is 0.336 e. The van der Waals surface area contributed by atoms with Crippen molar-refractivity contribution in [2.45, 2.75) is 93.9 Å². The van der Waals surface area contributed by atoms with Gasteiger partial charge in [-0.1, -0.05) is 74.5 Å². The summed E-state index contributed by atoms with van der Waals surface area (Å²) in [5.74, 6) is -0.109. The number of aryl methyl sites for hydroxylation is 1. The van der Waals surface area contributed by atoms with Gasteiger partial charge in [0, 0.05) is 25.6 Å². The Labute approximate surface area is 269 Å². The maximum absolute atomic E-state index is 14.1. The van der Waals surface area contributed by atoms with Crippen LogP contribution in [-0.4, -0.2) is 63.6 Å². The predicted molar refractivity (Wildman–Crippen MR) is 178 cm³/mol. The van der Waals surface area contributed by atoms with Crippen LogP contribution in [0.25, 0.3) is 0 Å². The fourth-order valence-electron chi connectivity index (χ4n) is 3.53. The lowest BCUT2D eigenvalue weighted by atomic mass is 10.1. The average Bonchev–Trinajstić information content (AvgIpc) is 3.56. The summed E-state index contributed by atoms with van der Waals surface area (Å²) in [7, 11) is 6.06. The molecule has 3 rings (SSSR count). The molecule has 0 bridgehead atoms. The third kappa shape index (κ3) is 15.0. The van der Waals surface area contributed by atoms with Gasteiger partial charge in [-0.05, 0) is 43.3 Å². The van der Waals surface area contributed by atoms with Crippen LogP contribution in [0.3, 0.4) is 0 Å². The van der Waals surface area contributed by atoms with Crippen LogP contribution in [0, 0.1) is 6.92 Å². The van der Waals surface area contributed by atoms with Crippen molar-refractivity contribution in [3.8, 4) is 5.75 Å². The third-order valence-electron chi connectivity index (χ3n) is 5.57. The zero-order chi connectivity index (χ0) is 35.7. The topological polar surface area (TPSA) is 127 Å². The lowest BCUT2D eigenvalue weighted by Crippen LogP contribution is -2.34. The number of nitrogens with zero attached hydrogens (tertiary/aromatic N) is 1. The Morgan fingerprint density at radius 3 is 2.13 bits per heavy atom. The van der Waals surface area contributed by atoms with Gasteiger partial charge in [0.05, 0.1) is 19.8 Å². The highest BCUT2D eigenvalue weighted by atomic mass is 19.1. The number of ether oxygens (including phenoxy) is 2. The first-order valence-corrected chi connectivity index (χ1v) is 15.3. The van der Waals surface area contributed by atoms with Crippen LogP contribution in [0.15, 0.2) is 40.8 Å². The van der Waals surface area contributed by atoms with Crippen molar-refractivity contribution >= 4 is 24.2 Å². The van der Waals surface area contributed by atoms with Crippen molar-refractivity contribution in [1.29, 1.82) is 0 Å². The molecule has 2 unspecified atom stereocenters. The summed E-state index contributed by atoms with van der Waals surface area (Å²) in [6.07, 6.45) is -0.371.